The van der Waals surface area contributed by atoms with Gasteiger partial charge in [0.1, 0.15) is 5.75 Å². The Kier molecular flexibility index (Phi) is 3.32. The van der Waals surface area contributed by atoms with Gasteiger partial charge in [-0.3, -0.25) is 4.79 Å². The lowest BCUT2D eigenvalue weighted by atomic mass is 10.1. The highest BCUT2D eigenvalue weighted by molar-refractivity contribution is 6.31. The van der Waals surface area contributed by atoms with E-state index < -0.39 is 0 Å². The van der Waals surface area contributed by atoms with Gasteiger partial charge in [0.2, 0.25) is 0 Å². The highest BCUT2D eigenvalue weighted by Crippen LogP contribution is 2.25. The molecule has 0 amide bonds. The number of halogens is 1. The van der Waals surface area contributed by atoms with Crippen LogP contribution in [0.1, 0.15) is 22.8 Å². The predicted octanol–water partition coefficient (Wildman–Crippen LogP) is 2.86. The molecule has 1 aromatic carbocycles. The maximum atomic E-state index is 10.6. The molecule has 0 atom stereocenters. The average molecular weight is 199 g/mol. The topological polar surface area (TPSA) is 26.3 Å². The van der Waals surface area contributed by atoms with Gasteiger partial charge in [-0.1, -0.05) is 11.6 Å². The minimum absolute atomic E-state index is 0.498. The standard InChI is InChI=1S/C10H11ClO2/c1-3-13-10-4-7(2)9(11)5-8(10)6-12/h4-6H,3H2,1-2H3. The van der Waals surface area contributed by atoms with Crippen LogP contribution in [0.2, 0.25) is 5.02 Å². The summed E-state index contributed by atoms with van der Waals surface area (Å²) in [6.45, 7) is 4.29. The zero-order valence-electron chi connectivity index (χ0n) is 7.63. The number of aryl methyl sites for hydroxylation is 1. The molecule has 0 aliphatic carbocycles. The van der Waals surface area contributed by atoms with E-state index in [2.05, 4.69) is 0 Å². The average Bonchev–Trinajstić information content (AvgIpc) is 2.11. The molecule has 1 aromatic rings. The van der Waals surface area contributed by atoms with Gasteiger partial charge in [-0.05, 0) is 31.5 Å². The smallest absolute Gasteiger partial charge is 0.153 e. The molecular formula is C10H11ClO2. The van der Waals surface area contributed by atoms with E-state index in [1.54, 1.807) is 12.1 Å². The lowest BCUT2D eigenvalue weighted by Gasteiger charge is -2.07. The van der Waals surface area contributed by atoms with E-state index in [1.807, 2.05) is 13.8 Å². The minimum atomic E-state index is 0.498. The number of carbonyl (C=O) groups is 1. The van der Waals surface area contributed by atoms with Gasteiger partial charge in [-0.25, -0.2) is 0 Å². The van der Waals surface area contributed by atoms with E-state index in [0.717, 1.165) is 11.8 Å². The Morgan fingerprint density at radius 3 is 2.77 bits per heavy atom. The lowest BCUT2D eigenvalue weighted by Crippen LogP contribution is -1.96. The molecule has 0 N–H and O–H groups in total. The summed E-state index contributed by atoms with van der Waals surface area (Å²) in [7, 11) is 0. The van der Waals surface area contributed by atoms with Gasteiger partial charge in [-0.2, -0.15) is 0 Å². The third-order valence-corrected chi connectivity index (χ3v) is 2.13. The van der Waals surface area contributed by atoms with Crippen molar-refractivity contribution in [1.82, 2.24) is 0 Å². The Balaban J connectivity index is 3.16. The van der Waals surface area contributed by atoms with Crippen LogP contribution >= 0.6 is 11.6 Å². The van der Waals surface area contributed by atoms with Gasteiger partial charge < -0.3 is 4.74 Å². The van der Waals surface area contributed by atoms with Crippen LogP contribution in [0.5, 0.6) is 5.75 Å². The molecule has 13 heavy (non-hydrogen) atoms. The van der Waals surface area contributed by atoms with E-state index in [9.17, 15) is 4.79 Å². The molecule has 0 aromatic heterocycles. The first-order valence-electron chi connectivity index (χ1n) is 4.07. The number of benzene rings is 1. The monoisotopic (exact) mass is 198 g/mol. The molecule has 0 aliphatic rings. The highest BCUT2D eigenvalue weighted by Gasteiger charge is 2.05. The third-order valence-electron chi connectivity index (χ3n) is 1.72. The number of rotatable bonds is 3. The van der Waals surface area contributed by atoms with Crippen LogP contribution < -0.4 is 4.74 Å². The molecule has 0 unspecified atom stereocenters. The Morgan fingerprint density at radius 1 is 1.54 bits per heavy atom. The second kappa shape index (κ2) is 4.28. The third kappa shape index (κ3) is 2.22. The second-order valence-electron chi connectivity index (χ2n) is 2.69. The molecular weight excluding hydrogens is 188 g/mol. The quantitative estimate of drug-likeness (QED) is 0.699. The molecule has 0 radical (unpaired) electrons. The van der Waals surface area contributed by atoms with Crippen molar-refractivity contribution in [2.75, 3.05) is 6.61 Å². The molecule has 0 bridgehead atoms. The Labute approximate surface area is 82.5 Å². The Hall–Kier alpha value is -1.02. The molecule has 1 rings (SSSR count). The van der Waals surface area contributed by atoms with Crippen LogP contribution in [0.15, 0.2) is 12.1 Å². The summed E-state index contributed by atoms with van der Waals surface area (Å²) >= 11 is 5.85. The normalized spacial score (nSPS) is 9.77. The van der Waals surface area contributed by atoms with E-state index in [0.29, 0.717) is 22.9 Å². The first-order valence-corrected chi connectivity index (χ1v) is 4.45. The molecule has 0 saturated heterocycles. The molecule has 0 fully saturated rings. The van der Waals surface area contributed by atoms with E-state index >= 15 is 0 Å². The fourth-order valence-corrected chi connectivity index (χ4v) is 1.22. The molecule has 3 heteroatoms. The SMILES string of the molecule is CCOc1cc(C)c(Cl)cc1C=O. The highest BCUT2D eigenvalue weighted by atomic mass is 35.5. The van der Waals surface area contributed by atoms with E-state index in [1.165, 1.54) is 0 Å². The zero-order chi connectivity index (χ0) is 9.84. The molecule has 0 aliphatic heterocycles. The molecule has 0 heterocycles. The van der Waals surface area contributed by atoms with Crippen molar-refractivity contribution < 1.29 is 9.53 Å². The zero-order valence-corrected chi connectivity index (χ0v) is 8.39. The fraction of sp³-hybridized carbons (Fsp3) is 0.300. The number of hydrogen-bond acceptors (Lipinski definition) is 2. The summed E-state index contributed by atoms with van der Waals surface area (Å²) in [6.07, 6.45) is 0.746. The van der Waals surface area contributed by atoms with E-state index in [4.69, 9.17) is 16.3 Å². The summed E-state index contributed by atoms with van der Waals surface area (Å²) < 4.78 is 5.27. The van der Waals surface area contributed by atoms with Gasteiger partial charge in [0.25, 0.3) is 0 Å². The van der Waals surface area contributed by atoms with Crippen molar-refractivity contribution in [2.24, 2.45) is 0 Å². The van der Waals surface area contributed by atoms with Crippen molar-refractivity contribution in [1.29, 1.82) is 0 Å². The lowest BCUT2D eigenvalue weighted by molar-refractivity contribution is 0.112. The summed E-state index contributed by atoms with van der Waals surface area (Å²) in [6, 6.07) is 3.39. The predicted molar refractivity (Wildman–Crippen MR) is 52.7 cm³/mol. The molecule has 0 saturated carbocycles. The first kappa shape index (κ1) is 10.1. The van der Waals surface area contributed by atoms with Crippen LogP contribution in [-0.2, 0) is 0 Å². The summed E-state index contributed by atoms with van der Waals surface area (Å²) in [5, 5.41) is 0.588. The van der Waals surface area contributed by atoms with Crippen molar-refractivity contribution in [3.8, 4) is 5.75 Å². The molecule has 70 valence electrons. The van der Waals surface area contributed by atoms with Crippen LogP contribution in [0.3, 0.4) is 0 Å². The molecule has 2 nitrogen and oxygen atoms in total. The van der Waals surface area contributed by atoms with Gasteiger partial charge >= 0.3 is 0 Å². The van der Waals surface area contributed by atoms with Crippen molar-refractivity contribution in [2.45, 2.75) is 13.8 Å². The Morgan fingerprint density at radius 2 is 2.23 bits per heavy atom. The number of aldehydes is 1. The van der Waals surface area contributed by atoms with Crippen LogP contribution in [-0.4, -0.2) is 12.9 Å². The summed E-state index contributed by atoms with van der Waals surface area (Å²) in [4.78, 5) is 10.6. The van der Waals surface area contributed by atoms with Crippen LogP contribution in [0.4, 0.5) is 0 Å². The Bertz CT molecular complexity index is 321. The van der Waals surface area contributed by atoms with Crippen molar-refractivity contribution >= 4 is 17.9 Å². The van der Waals surface area contributed by atoms with Crippen LogP contribution in [0, 0.1) is 6.92 Å². The maximum Gasteiger partial charge on any atom is 0.153 e. The van der Waals surface area contributed by atoms with Gasteiger partial charge in [0.15, 0.2) is 6.29 Å². The maximum absolute atomic E-state index is 10.6. The van der Waals surface area contributed by atoms with Gasteiger partial charge in [0, 0.05) is 5.02 Å². The number of carbonyl (C=O) groups excluding carboxylic acids is 1. The number of hydrogen-bond donors (Lipinski definition) is 0. The van der Waals surface area contributed by atoms with Crippen LogP contribution in [0.25, 0.3) is 0 Å². The van der Waals surface area contributed by atoms with Gasteiger partial charge in [-0.15, -0.1) is 0 Å². The molecule has 0 spiro atoms. The van der Waals surface area contributed by atoms with Crippen molar-refractivity contribution in [3.05, 3.63) is 28.3 Å². The first-order chi connectivity index (χ1) is 6.19. The summed E-state index contributed by atoms with van der Waals surface area (Å²) in [5.41, 5.74) is 1.41. The largest absolute Gasteiger partial charge is 0.493 e. The van der Waals surface area contributed by atoms with E-state index in [-0.39, 0.29) is 0 Å². The van der Waals surface area contributed by atoms with Gasteiger partial charge in [0.05, 0.1) is 12.2 Å². The fourth-order valence-electron chi connectivity index (χ4n) is 1.04. The van der Waals surface area contributed by atoms with Crippen molar-refractivity contribution in [3.63, 3.8) is 0 Å². The summed E-state index contributed by atoms with van der Waals surface area (Å²) in [5.74, 6) is 0.597. The minimum Gasteiger partial charge on any atom is -0.493 e. The number of ether oxygens (including phenoxy) is 1. The second-order valence-corrected chi connectivity index (χ2v) is 3.10.